The molecule has 2 N–H and O–H groups in total. The fourth-order valence-electron chi connectivity index (χ4n) is 2.57. The van der Waals surface area contributed by atoms with Gasteiger partial charge < -0.3 is 10.2 Å². The monoisotopic (exact) mass is 316 g/mol. The van der Waals surface area contributed by atoms with Crippen LogP contribution in [0.1, 0.15) is 12.5 Å². The van der Waals surface area contributed by atoms with Gasteiger partial charge in [-0.1, -0.05) is 49.4 Å². The number of rotatable bonds is 3. The molecule has 0 fully saturated rings. The Morgan fingerprint density at radius 3 is 2.33 bits per heavy atom. The van der Waals surface area contributed by atoms with Crippen molar-refractivity contribution < 1.29 is 4.42 Å². The van der Waals surface area contributed by atoms with E-state index in [1.54, 1.807) is 0 Å². The second-order valence-electron chi connectivity index (χ2n) is 5.52. The molecule has 4 aromatic rings. The maximum atomic E-state index is 6.07. The van der Waals surface area contributed by atoms with E-state index in [-0.39, 0.29) is 0 Å². The molecule has 0 bridgehead atoms. The molecule has 0 unspecified atom stereocenters. The zero-order chi connectivity index (χ0) is 16.5. The van der Waals surface area contributed by atoms with Crippen LogP contribution in [0.4, 0.5) is 5.82 Å². The summed E-state index contributed by atoms with van der Waals surface area (Å²) in [6, 6.07) is 17.8. The predicted octanol–water partition coefficient (Wildman–Crippen LogP) is 4.10. The molecule has 0 saturated heterocycles. The average molecular weight is 316 g/mol. The number of aromatic nitrogens is 3. The van der Waals surface area contributed by atoms with Gasteiger partial charge in [-0.15, -0.1) is 0 Å². The first-order valence-corrected chi connectivity index (χ1v) is 7.83. The van der Waals surface area contributed by atoms with E-state index < -0.39 is 0 Å². The maximum Gasteiger partial charge on any atom is 0.253 e. The minimum absolute atomic E-state index is 0.320. The fourth-order valence-corrected chi connectivity index (χ4v) is 2.57. The van der Waals surface area contributed by atoms with Crippen LogP contribution >= 0.6 is 0 Å². The summed E-state index contributed by atoms with van der Waals surface area (Å²) in [6.45, 7) is 2.12. The Morgan fingerprint density at radius 1 is 0.875 bits per heavy atom. The van der Waals surface area contributed by atoms with Crippen molar-refractivity contribution in [3.63, 3.8) is 0 Å². The minimum atomic E-state index is 0.320. The summed E-state index contributed by atoms with van der Waals surface area (Å²) in [5.74, 6) is 1.35. The van der Waals surface area contributed by atoms with Gasteiger partial charge in [-0.05, 0) is 24.1 Å². The highest BCUT2D eigenvalue weighted by Gasteiger charge is 2.15. The molecule has 0 amide bonds. The Balaban J connectivity index is 1.81. The molecule has 2 aromatic carbocycles. The number of nitrogens with zero attached hydrogens (tertiary/aromatic N) is 3. The topological polar surface area (TPSA) is 77.8 Å². The zero-order valence-electron chi connectivity index (χ0n) is 13.2. The standard InChI is InChI=1S/C19H16N4O/c1-2-12-8-10-13(11-9-12)17-22-16(20)15-19(23-17)24-18(21-15)14-6-4-3-5-7-14/h3-11H,2H2,1H3,(H2,20,22,23). The van der Waals surface area contributed by atoms with Crippen molar-refractivity contribution in [1.82, 2.24) is 15.0 Å². The van der Waals surface area contributed by atoms with Crippen LogP contribution in [0.25, 0.3) is 34.1 Å². The Labute approximate surface area is 139 Å². The number of nitrogen functional groups attached to an aromatic ring is 1. The smallest absolute Gasteiger partial charge is 0.253 e. The van der Waals surface area contributed by atoms with Gasteiger partial charge in [-0.25, -0.2) is 9.97 Å². The SMILES string of the molecule is CCc1ccc(-c2nc(N)c3nc(-c4ccccc4)oc3n2)cc1. The molecule has 0 aliphatic heterocycles. The first-order chi connectivity index (χ1) is 11.7. The van der Waals surface area contributed by atoms with E-state index in [0.29, 0.717) is 28.8 Å². The third-order valence-corrected chi connectivity index (χ3v) is 3.93. The minimum Gasteiger partial charge on any atom is -0.417 e. The number of anilines is 1. The molecular weight excluding hydrogens is 300 g/mol. The molecule has 0 spiro atoms. The van der Waals surface area contributed by atoms with Gasteiger partial charge in [0.15, 0.2) is 17.2 Å². The second kappa shape index (κ2) is 5.77. The van der Waals surface area contributed by atoms with Crippen LogP contribution in [0, 0.1) is 0 Å². The van der Waals surface area contributed by atoms with Crippen LogP contribution in [-0.2, 0) is 6.42 Å². The quantitative estimate of drug-likeness (QED) is 0.615. The van der Waals surface area contributed by atoms with Gasteiger partial charge in [0, 0.05) is 11.1 Å². The van der Waals surface area contributed by atoms with Crippen LogP contribution in [0.2, 0.25) is 0 Å². The van der Waals surface area contributed by atoms with Crippen LogP contribution in [0.3, 0.4) is 0 Å². The van der Waals surface area contributed by atoms with Crippen molar-refractivity contribution in [3.8, 4) is 22.8 Å². The van der Waals surface area contributed by atoms with Gasteiger partial charge >= 0.3 is 0 Å². The van der Waals surface area contributed by atoms with Gasteiger partial charge in [0.1, 0.15) is 0 Å². The molecule has 0 aliphatic rings. The summed E-state index contributed by atoms with van der Waals surface area (Å²) in [5.41, 5.74) is 10.00. The summed E-state index contributed by atoms with van der Waals surface area (Å²) in [7, 11) is 0. The largest absolute Gasteiger partial charge is 0.417 e. The first kappa shape index (κ1) is 14.4. The number of benzene rings is 2. The molecule has 0 radical (unpaired) electrons. The number of aryl methyl sites for hydroxylation is 1. The molecule has 5 heteroatoms. The van der Waals surface area contributed by atoms with E-state index in [1.165, 1.54) is 5.56 Å². The van der Waals surface area contributed by atoms with Crippen molar-refractivity contribution in [2.45, 2.75) is 13.3 Å². The lowest BCUT2D eigenvalue weighted by molar-refractivity contribution is 0.607. The number of fused-ring (bicyclic) bond motifs is 1. The summed E-state index contributed by atoms with van der Waals surface area (Å²) >= 11 is 0. The predicted molar refractivity (Wildman–Crippen MR) is 94.3 cm³/mol. The molecule has 2 heterocycles. The van der Waals surface area contributed by atoms with Crippen LogP contribution in [0.15, 0.2) is 59.0 Å². The van der Waals surface area contributed by atoms with Gasteiger partial charge in [0.25, 0.3) is 5.71 Å². The van der Waals surface area contributed by atoms with Crippen LogP contribution in [0.5, 0.6) is 0 Å². The molecule has 0 atom stereocenters. The Morgan fingerprint density at radius 2 is 1.62 bits per heavy atom. The summed E-state index contributed by atoms with van der Waals surface area (Å²) in [4.78, 5) is 13.3. The van der Waals surface area contributed by atoms with Crippen LogP contribution < -0.4 is 5.73 Å². The molecule has 118 valence electrons. The molecule has 24 heavy (non-hydrogen) atoms. The number of hydrogen-bond acceptors (Lipinski definition) is 5. The van der Waals surface area contributed by atoms with E-state index >= 15 is 0 Å². The van der Waals surface area contributed by atoms with Gasteiger partial charge in [0.2, 0.25) is 5.89 Å². The lowest BCUT2D eigenvalue weighted by Gasteiger charge is -2.02. The van der Waals surface area contributed by atoms with Crippen molar-refractivity contribution in [2.24, 2.45) is 0 Å². The van der Waals surface area contributed by atoms with Crippen molar-refractivity contribution in [2.75, 3.05) is 5.73 Å². The molecular formula is C19H16N4O. The maximum absolute atomic E-state index is 6.07. The Kier molecular flexibility index (Phi) is 3.46. The van der Waals surface area contributed by atoms with Crippen molar-refractivity contribution in [1.29, 1.82) is 0 Å². The van der Waals surface area contributed by atoms with Crippen molar-refractivity contribution in [3.05, 3.63) is 60.2 Å². The van der Waals surface area contributed by atoms with Crippen molar-refractivity contribution >= 4 is 17.0 Å². The second-order valence-corrected chi connectivity index (χ2v) is 5.52. The van der Waals surface area contributed by atoms with E-state index in [9.17, 15) is 0 Å². The van der Waals surface area contributed by atoms with E-state index in [2.05, 4.69) is 34.0 Å². The summed E-state index contributed by atoms with van der Waals surface area (Å²) in [6.07, 6.45) is 0.991. The lowest BCUT2D eigenvalue weighted by atomic mass is 10.1. The van der Waals surface area contributed by atoms with Crippen LogP contribution in [-0.4, -0.2) is 15.0 Å². The van der Waals surface area contributed by atoms with E-state index in [4.69, 9.17) is 10.2 Å². The normalized spacial score (nSPS) is 11.0. The molecule has 4 rings (SSSR count). The highest BCUT2D eigenvalue weighted by molar-refractivity contribution is 5.84. The number of oxazole rings is 1. The van der Waals surface area contributed by atoms with Gasteiger partial charge in [-0.2, -0.15) is 4.98 Å². The fraction of sp³-hybridized carbons (Fsp3) is 0.105. The Hall–Kier alpha value is -3.21. The lowest BCUT2D eigenvalue weighted by Crippen LogP contribution is -1.97. The van der Waals surface area contributed by atoms with E-state index in [1.807, 2.05) is 42.5 Å². The van der Waals surface area contributed by atoms with Gasteiger partial charge in [-0.3, -0.25) is 0 Å². The first-order valence-electron chi connectivity index (χ1n) is 7.83. The van der Waals surface area contributed by atoms with E-state index in [0.717, 1.165) is 17.5 Å². The molecule has 2 aromatic heterocycles. The number of nitrogens with two attached hydrogens (primary N) is 1. The average Bonchev–Trinajstić information content (AvgIpc) is 3.07. The molecule has 5 nitrogen and oxygen atoms in total. The molecule has 0 aliphatic carbocycles. The summed E-state index contributed by atoms with van der Waals surface area (Å²) in [5, 5.41) is 0. The van der Waals surface area contributed by atoms with Gasteiger partial charge in [0.05, 0.1) is 0 Å². The number of hydrogen-bond donors (Lipinski definition) is 1. The highest BCUT2D eigenvalue weighted by atomic mass is 16.4. The third-order valence-electron chi connectivity index (χ3n) is 3.93. The molecule has 0 saturated carbocycles. The Bertz CT molecular complexity index is 991. The summed E-state index contributed by atoms with van der Waals surface area (Å²) < 4.78 is 5.80. The zero-order valence-corrected chi connectivity index (χ0v) is 13.2. The highest BCUT2D eigenvalue weighted by Crippen LogP contribution is 2.27. The third kappa shape index (κ3) is 2.50.